The summed E-state index contributed by atoms with van der Waals surface area (Å²) in [6.07, 6.45) is 0.131. The van der Waals surface area contributed by atoms with E-state index in [0.717, 1.165) is 31.8 Å². The van der Waals surface area contributed by atoms with Gasteiger partial charge in [0.1, 0.15) is 0 Å². The number of nitrogens with two attached hydrogens (primary N) is 1. The lowest BCUT2D eigenvalue weighted by atomic mass is 10.0. The largest absolute Gasteiger partial charge is 0.374 e. The molecule has 1 heterocycles. The Morgan fingerprint density at radius 1 is 1.77 bits per heavy atom. The molecule has 2 N–H and O–H groups in total. The van der Waals surface area contributed by atoms with E-state index in [9.17, 15) is 0 Å². The molecule has 1 fully saturated rings. The van der Waals surface area contributed by atoms with Crippen LogP contribution < -0.4 is 5.73 Å². The molecule has 0 aromatic carbocycles. The van der Waals surface area contributed by atoms with Crippen LogP contribution in [0.15, 0.2) is 12.2 Å². The van der Waals surface area contributed by atoms with Gasteiger partial charge in [0.25, 0.3) is 0 Å². The minimum atomic E-state index is -0.0191. The third-order valence-electron chi connectivity index (χ3n) is 2.59. The van der Waals surface area contributed by atoms with Crippen molar-refractivity contribution < 1.29 is 4.74 Å². The molecule has 0 aliphatic carbocycles. The first-order chi connectivity index (χ1) is 6.15. The average Bonchev–Trinajstić information content (AvgIpc) is 2.16. The zero-order valence-electron chi connectivity index (χ0n) is 8.62. The summed E-state index contributed by atoms with van der Waals surface area (Å²) in [7, 11) is 0. The van der Waals surface area contributed by atoms with E-state index in [4.69, 9.17) is 10.5 Å². The molecule has 0 saturated carbocycles. The molecule has 0 bridgehead atoms. The molecule has 0 amide bonds. The van der Waals surface area contributed by atoms with Crippen LogP contribution in [0.1, 0.15) is 13.8 Å². The van der Waals surface area contributed by atoms with Crippen LogP contribution in [-0.4, -0.2) is 43.3 Å². The van der Waals surface area contributed by atoms with E-state index in [1.165, 1.54) is 0 Å². The fourth-order valence-corrected chi connectivity index (χ4v) is 1.55. The van der Waals surface area contributed by atoms with Crippen molar-refractivity contribution in [3.63, 3.8) is 0 Å². The summed E-state index contributed by atoms with van der Waals surface area (Å²) in [6, 6.07) is -0.0191. The van der Waals surface area contributed by atoms with E-state index < -0.39 is 0 Å². The second kappa shape index (κ2) is 4.74. The Morgan fingerprint density at radius 2 is 2.46 bits per heavy atom. The van der Waals surface area contributed by atoms with Gasteiger partial charge in [-0.05, 0) is 13.5 Å². The molecule has 2 unspecified atom stereocenters. The molecule has 1 rings (SSSR count). The third kappa shape index (κ3) is 2.79. The Hall–Kier alpha value is -0.380. The number of ether oxygens (including phenoxy) is 1. The van der Waals surface area contributed by atoms with Crippen LogP contribution in [0.3, 0.4) is 0 Å². The summed E-state index contributed by atoms with van der Waals surface area (Å²) in [6.45, 7) is 11.8. The first kappa shape index (κ1) is 10.7. The van der Waals surface area contributed by atoms with Crippen LogP contribution >= 0.6 is 0 Å². The molecule has 76 valence electrons. The Balaban J connectivity index is 2.46. The Morgan fingerprint density at radius 3 is 3.00 bits per heavy atom. The summed E-state index contributed by atoms with van der Waals surface area (Å²) in [5.74, 6) is 0. The first-order valence-electron chi connectivity index (χ1n) is 4.90. The van der Waals surface area contributed by atoms with Gasteiger partial charge < -0.3 is 10.5 Å². The van der Waals surface area contributed by atoms with E-state index in [1.54, 1.807) is 0 Å². The van der Waals surface area contributed by atoms with Gasteiger partial charge in [-0.3, -0.25) is 4.90 Å². The van der Waals surface area contributed by atoms with Gasteiger partial charge in [0.15, 0.2) is 0 Å². The minimum absolute atomic E-state index is 0.0191. The van der Waals surface area contributed by atoms with Crippen molar-refractivity contribution in [1.29, 1.82) is 0 Å². The summed E-state index contributed by atoms with van der Waals surface area (Å²) in [5.41, 5.74) is 6.96. The second-order valence-electron chi connectivity index (χ2n) is 3.67. The number of nitrogens with zero attached hydrogens (tertiary/aromatic N) is 1. The lowest BCUT2D eigenvalue weighted by Crippen LogP contribution is -2.50. The topological polar surface area (TPSA) is 38.5 Å². The van der Waals surface area contributed by atoms with E-state index in [-0.39, 0.29) is 12.1 Å². The highest BCUT2D eigenvalue weighted by Crippen LogP contribution is 2.11. The van der Waals surface area contributed by atoms with Gasteiger partial charge in [0.2, 0.25) is 0 Å². The first-order valence-corrected chi connectivity index (χ1v) is 4.90. The Labute approximate surface area is 80.5 Å². The van der Waals surface area contributed by atoms with Crippen molar-refractivity contribution >= 4 is 0 Å². The maximum Gasteiger partial charge on any atom is 0.0891 e. The zero-order valence-corrected chi connectivity index (χ0v) is 8.62. The van der Waals surface area contributed by atoms with Gasteiger partial charge in [-0.25, -0.2) is 0 Å². The summed E-state index contributed by atoms with van der Waals surface area (Å²) in [4.78, 5) is 2.36. The molecule has 1 aliphatic rings. The van der Waals surface area contributed by atoms with Gasteiger partial charge in [-0.1, -0.05) is 19.1 Å². The number of hydrogen-bond donors (Lipinski definition) is 1. The number of rotatable bonds is 3. The SMILES string of the molecule is C=C(C)C(N)C1CN(CC)CCO1. The Kier molecular flexibility index (Phi) is 3.90. The van der Waals surface area contributed by atoms with Crippen LogP contribution in [0.25, 0.3) is 0 Å². The molecule has 1 saturated heterocycles. The maximum atomic E-state index is 5.96. The lowest BCUT2D eigenvalue weighted by Gasteiger charge is -2.35. The third-order valence-corrected chi connectivity index (χ3v) is 2.59. The minimum Gasteiger partial charge on any atom is -0.374 e. The van der Waals surface area contributed by atoms with Crippen molar-refractivity contribution in [3.8, 4) is 0 Å². The van der Waals surface area contributed by atoms with Gasteiger partial charge in [-0.15, -0.1) is 0 Å². The van der Waals surface area contributed by atoms with Crippen LogP contribution in [-0.2, 0) is 4.74 Å². The zero-order chi connectivity index (χ0) is 9.84. The van der Waals surface area contributed by atoms with Crippen molar-refractivity contribution in [1.82, 2.24) is 4.90 Å². The number of likely N-dealkylation sites (N-methyl/N-ethyl adjacent to an activating group) is 1. The Bertz CT molecular complexity index is 182. The van der Waals surface area contributed by atoms with E-state index in [2.05, 4.69) is 18.4 Å². The van der Waals surface area contributed by atoms with Crippen LogP contribution in [0.4, 0.5) is 0 Å². The molecule has 2 atom stereocenters. The summed E-state index contributed by atoms with van der Waals surface area (Å²) >= 11 is 0. The summed E-state index contributed by atoms with van der Waals surface area (Å²) in [5, 5.41) is 0. The number of morpholine rings is 1. The van der Waals surface area contributed by atoms with E-state index in [1.807, 2.05) is 6.92 Å². The standard InChI is InChI=1S/C10H20N2O/c1-4-12-5-6-13-9(7-12)10(11)8(2)3/h9-10H,2,4-7,11H2,1,3H3. The quantitative estimate of drug-likeness (QED) is 0.653. The van der Waals surface area contributed by atoms with Gasteiger partial charge in [0.05, 0.1) is 18.8 Å². The highest BCUT2D eigenvalue weighted by Gasteiger charge is 2.25. The van der Waals surface area contributed by atoms with Crippen molar-refractivity contribution in [3.05, 3.63) is 12.2 Å². The molecular formula is C10H20N2O. The van der Waals surface area contributed by atoms with Crippen molar-refractivity contribution in [2.45, 2.75) is 26.0 Å². The lowest BCUT2D eigenvalue weighted by molar-refractivity contribution is -0.0332. The normalized spacial score (nSPS) is 27.2. The fraction of sp³-hybridized carbons (Fsp3) is 0.800. The molecule has 3 heteroatoms. The summed E-state index contributed by atoms with van der Waals surface area (Å²) < 4.78 is 5.61. The molecule has 0 aromatic heterocycles. The molecule has 0 aromatic rings. The van der Waals surface area contributed by atoms with Gasteiger partial charge in [-0.2, -0.15) is 0 Å². The average molecular weight is 184 g/mol. The van der Waals surface area contributed by atoms with E-state index in [0.29, 0.717) is 0 Å². The molecule has 1 aliphatic heterocycles. The predicted octanol–water partition coefficient (Wildman–Crippen LogP) is 0.611. The number of hydrogen-bond acceptors (Lipinski definition) is 3. The monoisotopic (exact) mass is 184 g/mol. The van der Waals surface area contributed by atoms with Crippen LogP contribution in [0.2, 0.25) is 0 Å². The van der Waals surface area contributed by atoms with Crippen LogP contribution in [0, 0.1) is 0 Å². The second-order valence-corrected chi connectivity index (χ2v) is 3.67. The molecule has 3 nitrogen and oxygen atoms in total. The van der Waals surface area contributed by atoms with Gasteiger partial charge in [0, 0.05) is 13.1 Å². The molecule has 0 radical (unpaired) electrons. The predicted molar refractivity (Wildman–Crippen MR) is 54.6 cm³/mol. The van der Waals surface area contributed by atoms with Crippen molar-refractivity contribution in [2.75, 3.05) is 26.2 Å². The van der Waals surface area contributed by atoms with E-state index >= 15 is 0 Å². The highest BCUT2D eigenvalue weighted by atomic mass is 16.5. The molecule has 13 heavy (non-hydrogen) atoms. The highest BCUT2D eigenvalue weighted by molar-refractivity contribution is 5.04. The molecular weight excluding hydrogens is 164 g/mol. The fourth-order valence-electron chi connectivity index (χ4n) is 1.55. The van der Waals surface area contributed by atoms with Crippen LogP contribution in [0.5, 0.6) is 0 Å². The smallest absolute Gasteiger partial charge is 0.0891 e. The van der Waals surface area contributed by atoms with Gasteiger partial charge >= 0.3 is 0 Å². The molecule has 0 spiro atoms. The van der Waals surface area contributed by atoms with Crippen molar-refractivity contribution in [2.24, 2.45) is 5.73 Å². The maximum absolute atomic E-state index is 5.96.